The number of carbonyl (C=O) groups excluding carboxylic acids is 2. The van der Waals surface area contributed by atoms with E-state index in [4.69, 9.17) is 0 Å². The average Bonchev–Trinajstić information content (AvgIpc) is 3.25. The maximum absolute atomic E-state index is 12.1. The molecule has 1 unspecified atom stereocenters. The third-order valence-corrected chi connectivity index (χ3v) is 4.00. The van der Waals surface area contributed by atoms with Crippen LogP contribution in [0.15, 0.2) is 10.9 Å². The Labute approximate surface area is 121 Å². The van der Waals surface area contributed by atoms with Gasteiger partial charge in [-0.25, -0.2) is 4.98 Å². The van der Waals surface area contributed by atoms with Crippen LogP contribution in [0.2, 0.25) is 0 Å². The minimum absolute atomic E-state index is 0.0489. The molecule has 2 amide bonds. The van der Waals surface area contributed by atoms with E-state index < -0.39 is 5.91 Å². The highest BCUT2D eigenvalue weighted by Crippen LogP contribution is 2.37. The maximum Gasteiger partial charge on any atom is 0.270 e. The predicted octanol–water partition coefficient (Wildman–Crippen LogP) is -0.145. The van der Waals surface area contributed by atoms with Crippen molar-refractivity contribution in [1.82, 2.24) is 20.2 Å². The summed E-state index contributed by atoms with van der Waals surface area (Å²) < 4.78 is 0. The standard InChI is InChI=1S/C14H18N4O3/c1-18-5-4-9(14(18)21)7-15-13(20)10-6-11(19)17-12(16-10)8-2-3-8/h6,8-9H,2-5,7H2,1H3,(H,15,20)(H,16,17,19). The highest BCUT2D eigenvalue weighted by Gasteiger charge is 2.30. The van der Waals surface area contributed by atoms with E-state index in [1.54, 1.807) is 11.9 Å². The van der Waals surface area contributed by atoms with Crippen molar-refractivity contribution in [3.8, 4) is 0 Å². The van der Waals surface area contributed by atoms with Crippen molar-refractivity contribution in [2.24, 2.45) is 5.92 Å². The molecule has 2 fully saturated rings. The predicted molar refractivity (Wildman–Crippen MR) is 74.9 cm³/mol. The van der Waals surface area contributed by atoms with Crippen LogP contribution in [-0.4, -0.2) is 46.8 Å². The minimum atomic E-state index is -0.398. The first kappa shape index (κ1) is 13.8. The van der Waals surface area contributed by atoms with Crippen LogP contribution >= 0.6 is 0 Å². The zero-order chi connectivity index (χ0) is 15.0. The molecule has 0 spiro atoms. The highest BCUT2D eigenvalue weighted by molar-refractivity contribution is 5.92. The van der Waals surface area contributed by atoms with Crippen LogP contribution in [0.3, 0.4) is 0 Å². The van der Waals surface area contributed by atoms with E-state index in [0.29, 0.717) is 12.4 Å². The van der Waals surface area contributed by atoms with Crippen LogP contribution in [0, 0.1) is 5.92 Å². The van der Waals surface area contributed by atoms with Gasteiger partial charge in [0.25, 0.3) is 11.5 Å². The van der Waals surface area contributed by atoms with E-state index in [1.807, 2.05) is 0 Å². The van der Waals surface area contributed by atoms with Crippen molar-refractivity contribution in [2.45, 2.75) is 25.2 Å². The molecular weight excluding hydrogens is 272 g/mol. The van der Waals surface area contributed by atoms with Crippen molar-refractivity contribution in [2.75, 3.05) is 20.1 Å². The summed E-state index contributed by atoms with van der Waals surface area (Å²) in [4.78, 5) is 44.0. The van der Waals surface area contributed by atoms with Crippen molar-refractivity contribution in [3.63, 3.8) is 0 Å². The minimum Gasteiger partial charge on any atom is -0.350 e. The van der Waals surface area contributed by atoms with Crippen molar-refractivity contribution >= 4 is 11.8 Å². The first-order valence-electron chi connectivity index (χ1n) is 7.19. The summed E-state index contributed by atoms with van der Waals surface area (Å²) in [5.74, 6) is 0.335. The molecule has 0 aromatic carbocycles. The molecule has 1 saturated heterocycles. The van der Waals surface area contributed by atoms with E-state index in [0.717, 1.165) is 19.3 Å². The molecule has 7 heteroatoms. The molecule has 1 aromatic heterocycles. The number of aromatic amines is 1. The van der Waals surface area contributed by atoms with Crippen LogP contribution in [0.1, 0.15) is 41.5 Å². The molecule has 7 nitrogen and oxygen atoms in total. The van der Waals surface area contributed by atoms with Gasteiger partial charge in [-0.3, -0.25) is 14.4 Å². The van der Waals surface area contributed by atoms with Crippen LogP contribution < -0.4 is 10.9 Å². The fourth-order valence-corrected chi connectivity index (χ4v) is 2.53. The Kier molecular flexibility index (Phi) is 3.48. The van der Waals surface area contributed by atoms with Crippen LogP contribution in [0.25, 0.3) is 0 Å². The van der Waals surface area contributed by atoms with Gasteiger partial charge in [0.15, 0.2) is 0 Å². The number of rotatable bonds is 4. The number of likely N-dealkylation sites (tertiary alicyclic amines) is 1. The van der Waals surface area contributed by atoms with E-state index >= 15 is 0 Å². The van der Waals surface area contributed by atoms with E-state index in [2.05, 4.69) is 15.3 Å². The summed E-state index contributed by atoms with van der Waals surface area (Å²) >= 11 is 0. The summed E-state index contributed by atoms with van der Waals surface area (Å²) in [5, 5.41) is 2.70. The fourth-order valence-electron chi connectivity index (χ4n) is 2.53. The van der Waals surface area contributed by atoms with Gasteiger partial charge in [0.2, 0.25) is 5.91 Å². The lowest BCUT2D eigenvalue weighted by Crippen LogP contribution is -2.34. The highest BCUT2D eigenvalue weighted by atomic mass is 16.2. The van der Waals surface area contributed by atoms with Crippen molar-refractivity contribution in [1.29, 1.82) is 0 Å². The van der Waals surface area contributed by atoms with Gasteiger partial charge in [0.05, 0.1) is 5.92 Å². The van der Waals surface area contributed by atoms with Crippen molar-refractivity contribution in [3.05, 3.63) is 27.9 Å². The molecule has 1 saturated carbocycles. The summed E-state index contributed by atoms with van der Waals surface area (Å²) in [6, 6.07) is 1.20. The van der Waals surface area contributed by atoms with Gasteiger partial charge in [0, 0.05) is 32.1 Å². The molecule has 0 radical (unpaired) electrons. The van der Waals surface area contributed by atoms with E-state index in [-0.39, 0.29) is 35.5 Å². The zero-order valence-electron chi connectivity index (χ0n) is 11.9. The Hall–Kier alpha value is -2.18. The topological polar surface area (TPSA) is 95.2 Å². The Morgan fingerprint density at radius 1 is 1.43 bits per heavy atom. The van der Waals surface area contributed by atoms with Crippen LogP contribution in [-0.2, 0) is 4.79 Å². The Bertz CT molecular complexity index is 635. The lowest BCUT2D eigenvalue weighted by molar-refractivity contribution is -0.129. The normalized spacial score (nSPS) is 21.7. The molecule has 0 bridgehead atoms. The largest absolute Gasteiger partial charge is 0.350 e. The summed E-state index contributed by atoms with van der Waals surface area (Å²) in [6.45, 7) is 1.00. The Balaban J connectivity index is 1.65. The average molecular weight is 290 g/mol. The second-order valence-electron chi connectivity index (χ2n) is 5.75. The first-order valence-corrected chi connectivity index (χ1v) is 7.19. The molecule has 1 aromatic rings. The van der Waals surface area contributed by atoms with Gasteiger partial charge in [-0.1, -0.05) is 0 Å². The quantitative estimate of drug-likeness (QED) is 0.806. The lowest BCUT2D eigenvalue weighted by Gasteiger charge is -2.11. The van der Waals surface area contributed by atoms with Gasteiger partial charge >= 0.3 is 0 Å². The molecule has 2 heterocycles. The number of carbonyl (C=O) groups is 2. The SMILES string of the molecule is CN1CCC(CNC(=O)c2cc(=O)[nH]c(C3CC3)n2)C1=O. The lowest BCUT2D eigenvalue weighted by atomic mass is 10.1. The Morgan fingerprint density at radius 2 is 2.19 bits per heavy atom. The molecule has 3 rings (SSSR count). The van der Waals surface area contributed by atoms with Crippen LogP contribution in [0.5, 0.6) is 0 Å². The summed E-state index contributed by atoms with van der Waals surface area (Å²) in [7, 11) is 1.75. The monoisotopic (exact) mass is 290 g/mol. The van der Waals surface area contributed by atoms with Gasteiger partial charge in [-0.15, -0.1) is 0 Å². The second-order valence-corrected chi connectivity index (χ2v) is 5.75. The third kappa shape index (κ3) is 2.96. The fraction of sp³-hybridized carbons (Fsp3) is 0.571. The molecule has 21 heavy (non-hydrogen) atoms. The second kappa shape index (κ2) is 5.31. The number of aromatic nitrogens is 2. The van der Waals surface area contributed by atoms with E-state index in [1.165, 1.54) is 6.07 Å². The summed E-state index contributed by atoms with van der Waals surface area (Å²) in [6.07, 6.45) is 2.74. The number of amides is 2. The molecule has 112 valence electrons. The van der Waals surface area contributed by atoms with Crippen molar-refractivity contribution < 1.29 is 9.59 Å². The maximum atomic E-state index is 12.1. The molecule has 1 aliphatic carbocycles. The first-order chi connectivity index (χ1) is 10.0. The zero-order valence-corrected chi connectivity index (χ0v) is 11.9. The van der Waals surface area contributed by atoms with Gasteiger partial charge in [-0.05, 0) is 19.3 Å². The molecule has 2 aliphatic rings. The molecular formula is C14H18N4O3. The number of hydrogen-bond acceptors (Lipinski definition) is 4. The number of nitrogens with one attached hydrogen (secondary N) is 2. The molecule has 1 aliphatic heterocycles. The molecule has 2 N–H and O–H groups in total. The number of hydrogen-bond donors (Lipinski definition) is 2. The van der Waals surface area contributed by atoms with Gasteiger partial charge in [-0.2, -0.15) is 0 Å². The molecule has 1 atom stereocenters. The van der Waals surface area contributed by atoms with Gasteiger partial charge < -0.3 is 15.2 Å². The number of H-pyrrole nitrogens is 1. The Morgan fingerprint density at radius 3 is 2.81 bits per heavy atom. The third-order valence-electron chi connectivity index (χ3n) is 4.00. The number of nitrogens with zero attached hydrogens (tertiary/aromatic N) is 2. The summed E-state index contributed by atoms with van der Waals surface area (Å²) in [5.41, 5.74) is -0.187. The van der Waals surface area contributed by atoms with Crippen LogP contribution in [0.4, 0.5) is 0 Å². The van der Waals surface area contributed by atoms with E-state index in [9.17, 15) is 14.4 Å². The smallest absolute Gasteiger partial charge is 0.270 e. The van der Waals surface area contributed by atoms with Gasteiger partial charge in [0.1, 0.15) is 11.5 Å².